The number of hydrogen-bond acceptors (Lipinski definition) is 4. The Labute approximate surface area is 116 Å². The summed E-state index contributed by atoms with van der Waals surface area (Å²) >= 11 is 0. The molecule has 0 fully saturated rings. The number of benzene rings is 1. The number of nitrogen functional groups attached to an aromatic ring is 1. The predicted octanol–water partition coefficient (Wildman–Crippen LogP) is 1.38. The van der Waals surface area contributed by atoms with E-state index in [1.165, 1.54) is 0 Å². The smallest absolute Gasteiger partial charge is 0.239 e. The molecule has 1 aromatic rings. The molecule has 0 heterocycles. The summed E-state index contributed by atoms with van der Waals surface area (Å²) in [4.78, 5) is 11.9. The number of nitrogens with one attached hydrogen (secondary N) is 1. The van der Waals surface area contributed by atoms with Crippen LogP contribution in [0.3, 0.4) is 0 Å². The number of carbonyl (C=O) groups excluding carboxylic acids is 1. The summed E-state index contributed by atoms with van der Waals surface area (Å²) < 4.78 is 16.8. The van der Waals surface area contributed by atoms with Crippen LogP contribution in [0.1, 0.15) is 13.3 Å². The van der Waals surface area contributed by atoms with E-state index in [1.54, 1.807) is 38.3 Å². The monoisotopic (exact) mass is 284 g/mol. The average Bonchev–Trinajstić information content (AvgIpc) is 2.38. The summed E-state index contributed by atoms with van der Waals surface area (Å²) in [6, 6.07) is 6.90. The van der Waals surface area contributed by atoms with E-state index in [0.717, 1.165) is 0 Å². The largest absolute Gasteiger partial charge is 0.399 e. The van der Waals surface area contributed by atoms with Crippen molar-refractivity contribution in [3.63, 3.8) is 0 Å². The van der Waals surface area contributed by atoms with Crippen LogP contribution in [0.25, 0.3) is 0 Å². The lowest BCUT2D eigenvalue weighted by Gasteiger charge is -2.12. The van der Waals surface area contributed by atoms with Gasteiger partial charge in [-0.25, -0.2) is 0 Å². The van der Waals surface area contributed by atoms with E-state index in [-0.39, 0.29) is 5.91 Å². The fourth-order valence-corrected chi connectivity index (χ4v) is 2.56. The first kappa shape index (κ1) is 15.7. The SMILES string of the molecule is COCCCS(=O)C(C)C(=O)Nc1cccc(N)c1. The topological polar surface area (TPSA) is 81.4 Å². The number of rotatable bonds is 7. The third kappa shape index (κ3) is 5.40. The summed E-state index contributed by atoms with van der Waals surface area (Å²) in [5.41, 5.74) is 6.82. The first-order valence-electron chi connectivity index (χ1n) is 6.07. The average molecular weight is 284 g/mol. The van der Waals surface area contributed by atoms with Crippen molar-refractivity contribution < 1.29 is 13.7 Å². The van der Waals surface area contributed by atoms with Gasteiger partial charge in [-0.15, -0.1) is 0 Å². The summed E-state index contributed by atoms with van der Waals surface area (Å²) in [5, 5.41) is 2.15. The van der Waals surface area contributed by atoms with Crippen LogP contribution in [-0.2, 0) is 20.3 Å². The van der Waals surface area contributed by atoms with Gasteiger partial charge >= 0.3 is 0 Å². The van der Waals surface area contributed by atoms with Crippen LogP contribution in [0.4, 0.5) is 11.4 Å². The van der Waals surface area contributed by atoms with Crippen molar-refractivity contribution in [2.45, 2.75) is 18.6 Å². The molecule has 0 saturated heterocycles. The van der Waals surface area contributed by atoms with Crippen molar-refractivity contribution in [1.82, 2.24) is 0 Å². The molecule has 0 aliphatic carbocycles. The van der Waals surface area contributed by atoms with Gasteiger partial charge in [-0.05, 0) is 31.5 Å². The number of anilines is 2. The molecule has 3 N–H and O–H groups in total. The predicted molar refractivity (Wildman–Crippen MR) is 78.4 cm³/mol. The fourth-order valence-electron chi connectivity index (χ4n) is 1.50. The molecule has 5 nitrogen and oxygen atoms in total. The maximum Gasteiger partial charge on any atom is 0.239 e. The molecule has 2 atom stereocenters. The number of carbonyl (C=O) groups is 1. The summed E-state index contributed by atoms with van der Waals surface area (Å²) in [6.07, 6.45) is 0.680. The fraction of sp³-hybridized carbons (Fsp3) is 0.462. The van der Waals surface area contributed by atoms with Crippen LogP contribution in [0, 0.1) is 0 Å². The molecule has 0 aliphatic heterocycles. The highest BCUT2D eigenvalue weighted by molar-refractivity contribution is 7.86. The van der Waals surface area contributed by atoms with Gasteiger partial charge in [0.2, 0.25) is 5.91 Å². The van der Waals surface area contributed by atoms with Crippen LogP contribution in [-0.4, -0.2) is 34.8 Å². The van der Waals surface area contributed by atoms with E-state index in [9.17, 15) is 9.00 Å². The van der Waals surface area contributed by atoms with E-state index < -0.39 is 16.0 Å². The lowest BCUT2D eigenvalue weighted by molar-refractivity contribution is -0.115. The first-order valence-corrected chi connectivity index (χ1v) is 7.45. The molecule has 0 saturated carbocycles. The van der Waals surface area contributed by atoms with Gasteiger partial charge in [0.25, 0.3) is 0 Å². The van der Waals surface area contributed by atoms with E-state index in [2.05, 4.69) is 5.32 Å². The molecule has 106 valence electrons. The molecule has 6 heteroatoms. The molecule has 1 aromatic carbocycles. The summed E-state index contributed by atoms with van der Waals surface area (Å²) in [5.74, 6) is 0.195. The molecule has 0 spiro atoms. The van der Waals surface area contributed by atoms with Crippen LogP contribution in [0.5, 0.6) is 0 Å². The minimum absolute atomic E-state index is 0.263. The third-order valence-corrected chi connectivity index (χ3v) is 4.31. The normalized spacial score (nSPS) is 13.8. The molecule has 1 amide bonds. The Morgan fingerprint density at radius 3 is 2.89 bits per heavy atom. The van der Waals surface area contributed by atoms with E-state index >= 15 is 0 Å². The Bertz CT molecular complexity index is 451. The van der Waals surface area contributed by atoms with Crippen molar-refractivity contribution >= 4 is 28.1 Å². The standard InChI is InChI=1S/C13H20N2O3S/c1-10(19(17)8-4-7-18-2)13(16)15-12-6-3-5-11(14)9-12/h3,5-6,9-10H,4,7-8,14H2,1-2H3,(H,15,16). The molecule has 0 radical (unpaired) electrons. The molecule has 0 bridgehead atoms. The van der Waals surface area contributed by atoms with Crippen molar-refractivity contribution in [3.8, 4) is 0 Å². The van der Waals surface area contributed by atoms with Gasteiger partial charge in [-0.3, -0.25) is 9.00 Å². The molecule has 2 unspecified atom stereocenters. The van der Waals surface area contributed by atoms with E-state index in [0.29, 0.717) is 30.2 Å². The molecular weight excluding hydrogens is 264 g/mol. The van der Waals surface area contributed by atoms with Gasteiger partial charge in [-0.2, -0.15) is 0 Å². The minimum atomic E-state index is -1.20. The van der Waals surface area contributed by atoms with Gasteiger partial charge in [0.1, 0.15) is 5.25 Å². The number of hydrogen-bond donors (Lipinski definition) is 2. The Morgan fingerprint density at radius 2 is 2.26 bits per heavy atom. The quantitative estimate of drug-likeness (QED) is 0.585. The van der Waals surface area contributed by atoms with Gasteiger partial charge in [0.15, 0.2) is 0 Å². The lowest BCUT2D eigenvalue weighted by atomic mass is 10.3. The molecule has 0 aromatic heterocycles. The first-order chi connectivity index (χ1) is 9.04. The van der Waals surface area contributed by atoms with Crippen LogP contribution in [0.15, 0.2) is 24.3 Å². The molecule has 19 heavy (non-hydrogen) atoms. The van der Waals surface area contributed by atoms with Gasteiger partial charge in [0.05, 0.1) is 0 Å². The number of amides is 1. The van der Waals surface area contributed by atoms with E-state index in [4.69, 9.17) is 10.5 Å². The summed E-state index contributed by atoms with van der Waals surface area (Å²) in [7, 11) is 0.397. The van der Waals surface area contributed by atoms with Gasteiger partial charge < -0.3 is 15.8 Å². The highest BCUT2D eigenvalue weighted by atomic mass is 32.2. The molecular formula is C13H20N2O3S. The second kappa shape index (κ2) is 7.91. The Kier molecular flexibility index (Phi) is 6.52. The summed E-state index contributed by atoms with van der Waals surface area (Å²) in [6.45, 7) is 2.21. The van der Waals surface area contributed by atoms with Crippen LogP contribution in [0.2, 0.25) is 0 Å². The van der Waals surface area contributed by atoms with Crippen molar-refractivity contribution in [2.75, 3.05) is 30.5 Å². The lowest BCUT2D eigenvalue weighted by Crippen LogP contribution is -2.30. The number of ether oxygens (including phenoxy) is 1. The zero-order valence-electron chi connectivity index (χ0n) is 11.2. The van der Waals surface area contributed by atoms with E-state index in [1.807, 2.05) is 0 Å². The highest BCUT2D eigenvalue weighted by Gasteiger charge is 2.19. The van der Waals surface area contributed by atoms with Gasteiger partial charge in [-0.1, -0.05) is 6.07 Å². The Hall–Kier alpha value is -1.40. The minimum Gasteiger partial charge on any atom is -0.399 e. The van der Waals surface area contributed by atoms with Crippen molar-refractivity contribution in [2.24, 2.45) is 0 Å². The third-order valence-electron chi connectivity index (χ3n) is 2.61. The Morgan fingerprint density at radius 1 is 1.53 bits per heavy atom. The number of nitrogens with two attached hydrogens (primary N) is 1. The van der Waals surface area contributed by atoms with Crippen molar-refractivity contribution in [3.05, 3.63) is 24.3 Å². The maximum atomic E-state index is 11.9. The highest BCUT2D eigenvalue weighted by Crippen LogP contribution is 2.13. The zero-order valence-corrected chi connectivity index (χ0v) is 12.0. The second-order valence-electron chi connectivity index (χ2n) is 4.19. The molecule has 1 rings (SSSR count). The number of methoxy groups -OCH3 is 1. The van der Waals surface area contributed by atoms with Gasteiger partial charge in [0, 0.05) is 41.6 Å². The van der Waals surface area contributed by atoms with Crippen molar-refractivity contribution in [1.29, 1.82) is 0 Å². The van der Waals surface area contributed by atoms with Crippen LogP contribution < -0.4 is 11.1 Å². The van der Waals surface area contributed by atoms with Crippen LogP contribution >= 0.6 is 0 Å². The zero-order chi connectivity index (χ0) is 14.3. The maximum absolute atomic E-state index is 11.9. The molecule has 0 aliphatic rings. The second-order valence-corrected chi connectivity index (χ2v) is 6.07. The Balaban J connectivity index is 2.50.